The first-order chi connectivity index (χ1) is 10.6. The Kier molecular flexibility index (Phi) is 5.73. The quantitative estimate of drug-likeness (QED) is 0.883. The van der Waals surface area contributed by atoms with Gasteiger partial charge in [-0.25, -0.2) is 0 Å². The SMILES string of the molecule is CCc1ccc(CN(C)CC(=O)Nc2ccc(C)cc2)cc1. The van der Waals surface area contributed by atoms with Crippen molar-refractivity contribution in [1.82, 2.24) is 4.90 Å². The molecule has 0 aliphatic carbocycles. The number of nitrogens with one attached hydrogen (secondary N) is 1. The standard InChI is InChI=1S/C19H24N2O/c1-4-16-7-9-17(10-8-16)13-21(3)14-19(22)20-18-11-5-15(2)6-12-18/h5-12H,4,13-14H2,1-3H3,(H,20,22). The van der Waals surface area contributed by atoms with E-state index in [-0.39, 0.29) is 5.91 Å². The van der Waals surface area contributed by atoms with Crippen LogP contribution in [0.3, 0.4) is 0 Å². The predicted molar refractivity (Wildman–Crippen MR) is 92.0 cm³/mol. The van der Waals surface area contributed by atoms with Crippen LogP contribution in [0.25, 0.3) is 0 Å². The van der Waals surface area contributed by atoms with Gasteiger partial charge in [-0.3, -0.25) is 9.69 Å². The van der Waals surface area contributed by atoms with Crippen molar-refractivity contribution < 1.29 is 4.79 Å². The average Bonchev–Trinajstić information content (AvgIpc) is 2.50. The lowest BCUT2D eigenvalue weighted by Gasteiger charge is -2.16. The zero-order chi connectivity index (χ0) is 15.9. The number of benzene rings is 2. The van der Waals surface area contributed by atoms with Crippen molar-refractivity contribution in [3.8, 4) is 0 Å². The maximum absolute atomic E-state index is 12.0. The van der Waals surface area contributed by atoms with Crippen LogP contribution in [-0.4, -0.2) is 24.4 Å². The maximum Gasteiger partial charge on any atom is 0.238 e. The number of nitrogens with zero attached hydrogens (tertiary/aromatic N) is 1. The minimum Gasteiger partial charge on any atom is -0.325 e. The van der Waals surface area contributed by atoms with E-state index in [1.807, 2.05) is 43.1 Å². The summed E-state index contributed by atoms with van der Waals surface area (Å²) in [5, 5.41) is 2.92. The van der Waals surface area contributed by atoms with E-state index in [0.717, 1.165) is 18.7 Å². The Labute approximate surface area is 133 Å². The van der Waals surface area contributed by atoms with Gasteiger partial charge < -0.3 is 5.32 Å². The molecular weight excluding hydrogens is 272 g/mol. The third-order valence-corrected chi connectivity index (χ3v) is 3.63. The Balaban J connectivity index is 1.83. The van der Waals surface area contributed by atoms with E-state index < -0.39 is 0 Å². The van der Waals surface area contributed by atoms with E-state index >= 15 is 0 Å². The molecule has 3 heteroatoms. The van der Waals surface area contributed by atoms with Crippen LogP contribution in [0.5, 0.6) is 0 Å². The molecule has 0 aliphatic rings. The topological polar surface area (TPSA) is 32.3 Å². The molecule has 2 aromatic carbocycles. The highest BCUT2D eigenvalue weighted by Gasteiger charge is 2.07. The molecule has 1 amide bonds. The second-order valence-corrected chi connectivity index (χ2v) is 5.76. The van der Waals surface area contributed by atoms with Crippen LogP contribution in [0.1, 0.15) is 23.6 Å². The molecule has 0 spiro atoms. The minimum atomic E-state index is 0.0107. The number of hydrogen-bond donors (Lipinski definition) is 1. The van der Waals surface area contributed by atoms with Crippen molar-refractivity contribution in [3.63, 3.8) is 0 Å². The van der Waals surface area contributed by atoms with E-state index in [2.05, 4.69) is 36.5 Å². The number of amides is 1. The largest absolute Gasteiger partial charge is 0.325 e. The average molecular weight is 296 g/mol. The number of anilines is 1. The van der Waals surface area contributed by atoms with Crippen LogP contribution in [-0.2, 0) is 17.8 Å². The summed E-state index contributed by atoms with van der Waals surface area (Å²) in [6.45, 7) is 5.33. The Bertz CT molecular complexity index is 602. The van der Waals surface area contributed by atoms with Gasteiger partial charge in [0.1, 0.15) is 0 Å². The fourth-order valence-corrected chi connectivity index (χ4v) is 2.33. The highest BCUT2D eigenvalue weighted by atomic mass is 16.2. The first kappa shape index (κ1) is 16.2. The zero-order valence-corrected chi connectivity index (χ0v) is 13.6. The molecule has 0 aromatic heterocycles. The predicted octanol–water partition coefficient (Wildman–Crippen LogP) is 3.63. The van der Waals surface area contributed by atoms with E-state index in [1.165, 1.54) is 16.7 Å². The lowest BCUT2D eigenvalue weighted by atomic mass is 10.1. The van der Waals surface area contributed by atoms with E-state index in [0.29, 0.717) is 6.54 Å². The first-order valence-corrected chi connectivity index (χ1v) is 7.69. The Morgan fingerprint density at radius 1 is 1.00 bits per heavy atom. The molecule has 0 aliphatic heterocycles. The third-order valence-electron chi connectivity index (χ3n) is 3.63. The van der Waals surface area contributed by atoms with Crippen LogP contribution in [0.2, 0.25) is 0 Å². The highest BCUT2D eigenvalue weighted by Crippen LogP contribution is 2.10. The Hall–Kier alpha value is -2.13. The number of hydrogen-bond acceptors (Lipinski definition) is 2. The van der Waals surface area contributed by atoms with Gasteiger partial charge in [-0.15, -0.1) is 0 Å². The Morgan fingerprint density at radius 2 is 1.59 bits per heavy atom. The van der Waals surface area contributed by atoms with Crippen molar-refractivity contribution in [2.45, 2.75) is 26.8 Å². The molecule has 0 unspecified atom stereocenters. The molecule has 0 atom stereocenters. The second kappa shape index (κ2) is 7.76. The number of likely N-dealkylation sites (N-methyl/N-ethyl adjacent to an activating group) is 1. The van der Waals surface area contributed by atoms with Crippen LogP contribution in [0.4, 0.5) is 5.69 Å². The zero-order valence-electron chi connectivity index (χ0n) is 13.6. The van der Waals surface area contributed by atoms with Crippen molar-refractivity contribution >= 4 is 11.6 Å². The molecule has 0 saturated carbocycles. The van der Waals surface area contributed by atoms with Crippen LogP contribution in [0.15, 0.2) is 48.5 Å². The van der Waals surface area contributed by atoms with Gasteiger partial charge in [0.2, 0.25) is 5.91 Å². The number of rotatable bonds is 6. The molecular formula is C19H24N2O. The third kappa shape index (κ3) is 5.01. The lowest BCUT2D eigenvalue weighted by Crippen LogP contribution is -2.29. The molecule has 0 bridgehead atoms. The monoisotopic (exact) mass is 296 g/mol. The van der Waals surface area contributed by atoms with Crippen LogP contribution >= 0.6 is 0 Å². The minimum absolute atomic E-state index is 0.0107. The highest BCUT2D eigenvalue weighted by molar-refractivity contribution is 5.92. The summed E-state index contributed by atoms with van der Waals surface area (Å²) in [5.41, 5.74) is 4.59. The summed E-state index contributed by atoms with van der Waals surface area (Å²) in [4.78, 5) is 14.1. The Morgan fingerprint density at radius 3 is 2.18 bits per heavy atom. The van der Waals surface area contributed by atoms with Gasteiger partial charge in [0, 0.05) is 12.2 Å². The van der Waals surface area contributed by atoms with E-state index in [9.17, 15) is 4.79 Å². The fourth-order valence-electron chi connectivity index (χ4n) is 2.33. The summed E-state index contributed by atoms with van der Waals surface area (Å²) < 4.78 is 0. The van der Waals surface area contributed by atoms with Gasteiger partial charge in [0.15, 0.2) is 0 Å². The molecule has 22 heavy (non-hydrogen) atoms. The molecule has 0 saturated heterocycles. The van der Waals surface area contributed by atoms with E-state index in [4.69, 9.17) is 0 Å². The summed E-state index contributed by atoms with van der Waals surface area (Å²) in [5.74, 6) is 0.0107. The smallest absolute Gasteiger partial charge is 0.238 e. The van der Waals surface area contributed by atoms with Crippen LogP contribution in [0, 0.1) is 6.92 Å². The first-order valence-electron chi connectivity index (χ1n) is 7.69. The van der Waals surface area contributed by atoms with Gasteiger partial charge >= 0.3 is 0 Å². The van der Waals surface area contributed by atoms with Gasteiger partial charge in [0.05, 0.1) is 6.54 Å². The molecule has 1 N–H and O–H groups in total. The van der Waals surface area contributed by atoms with Crippen molar-refractivity contribution in [2.75, 3.05) is 18.9 Å². The van der Waals surface area contributed by atoms with Crippen LogP contribution < -0.4 is 5.32 Å². The molecule has 2 aromatic rings. The van der Waals surface area contributed by atoms with Crippen molar-refractivity contribution in [3.05, 3.63) is 65.2 Å². The molecule has 0 fully saturated rings. The summed E-state index contributed by atoms with van der Waals surface area (Å²) >= 11 is 0. The molecule has 0 radical (unpaired) electrons. The van der Waals surface area contributed by atoms with Gasteiger partial charge in [-0.05, 0) is 43.7 Å². The molecule has 2 rings (SSSR count). The molecule has 3 nitrogen and oxygen atoms in total. The number of carbonyl (C=O) groups excluding carboxylic acids is 1. The fraction of sp³-hybridized carbons (Fsp3) is 0.316. The second-order valence-electron chi connectivity index (χ2n) is 5.76. The number of aryl methyl sites for hydroxylation is 2. The normalized spacial score (nSPS) is 10.7. The lowest BCUT2D eigenvalue weighted by molar-refractivity contribution is -0.117. The van der Waals surface area contributed by atoms with Crippen molar-refractivity contribution in [1.29, 1.82) is 0 Å². The van der Waals surface area contributed by atoms with Gasteiger partial charge in [-0.2, -0.15) is 0 Å². The van der Waals surface area contributed by atoms with Gasteiger partial charge in [0.25, 0.3) is 0 Å². The van der Waals surface area contributed by atoms with E-state index in [1.54, 1.807) is 0 Å². The summed E-state index contributed by atoms with van der Waals surface area (Å²) in [6.07, 6.45) is 1.05. The number of carbonyl (C=O) groups is 1. The summed E-state index contributed by atoms with van der Waals surface area (Å²) in [6, 6.07) is 16.4. The summed E-state index contributed by atoms with van der Waals surface area (Å²) in [7, 11) is 1.96. The molecule has 116 valence electrons. The maximum atomic E-state index is 12.0. The molecule has 0 heterocycles. The van der Waals surface area contributed by atoms with Crippen molar-refractivity contribution in [2.24, 2.45) is 0 Å². The van der Waals surface area contributed by atoms with Gasteiger partial charge in [-0.1, -0.05) is 48.9 Å².